The molecule has 5 nitrogen and oxygen atoms in total. The fourth-order valence-corrected chi connectivity index (χ4v) is 2.07. The van der Waals surface area contributed by atoms with E-state index in [9.17, 15) is 18.8 Å². The van der Waals surface area contributed by atoms with Crippen LogP contribution in [0.25, 0.3) is 0 Å². The standard InChI is InChI=1S/C14H15FN2O3/c1-9-8-10(15)2-3-11(9)16-12(18)6-7-17-13(19)4-5-14(17)20/h2-3,8H,4-7H2,1H3,(H,16,18). The molecule has 1 N–H and O–H groups in total. The van der Waals surface area contributed by atoms with Gasteiger partial charge >= 0.3 is 0 Å². The molecule has 0 radical (unpaired) electrons. The lowest BCUT2D eigenvalue weighted by molar-refractivity contribution is -0.138. The second kappa shape index (κ2) is 5.81. The average molecular weight is 278 g/mol. The first-order chi connectivity index (χ1) is 9.47. The van der Waals surface area contributed by atoms with E-state index in [-0.39, 0.29) is 49.3 Å². The van der Waals surface area contributed by atoms with Crippen LogP contribution in [-0.2, 0) is 14.4 Å². The van der Waals surface area contributed by atoms with E-state index in [2.05, 4.69) is 5.32 Å². The van der Waals surface area contributed by atoms with Crippen molar-refractivity contribution in [2.45, 2.75) is 26.2 Å². The Labute approximate surface area is 115 Å². The van der Waals surface area contributed by atoms with Gasteiger partial charge in [0.15, 0.2) is 0 Å². The number of carbonyl (C=O) groups is 3. The zero-order chi connectivity index (χ0) is 14.7. The Hall–Kier alpha value is -2.24. The summed E-state index contributed by atoms with van der Waals surface area (Å²) in [5.74, 6) is -1.15. The van der Waals surface area contributed by atoms with E-state index < -0.39 is 0 Å². The number of hydrogen-bond acceptors (Lipinski definition) is 3. The van der Waals surface area contributed by atoms with Crippen molar-refractivity contribution in [2.24, 2.45) is 0 Å². The third-order valence-corrected chi connectivity index (χ3v) is 3.18. The third-order valence-electron chi connectivity index (χ3n) is 3.18. The maximum absolute atomic E-state index is 12.9. The van der Waals surface area contributed by atoms with Crippen LogP contribution in [0.3, 0.4) is 0 Å². The van der Waals surface area contributed by atoms with Crippen molar-refractivity contribution in [3.63, 3.8) is 0 Å². The molecule has 1 fully saturated rings. The molecule has 1 aromatic carbocycles. The molecule has 0 aliphatic carbocycles. The van der Waals surface area contributed by atoms with Gasteiger partial charge in [0, 0.05) is 31.5 Å². The van der Waals surface area contributed by atoms with Crippen LogP contribution in [0.1, 0.15) is 24.8 Å². The molecule has 1 aromatic rings. The van der Waals surface area contributed by atoms with Crippen LogP contribution in [0.4, 0.5) is 10.1 Å². The predicted molar refractivity (Wildman–Crippen MR) is 70.3 cm³/mol. The number of nitrogens with zero attached hydrogens (tertiary/aromatic N) is 1. The van der Waals surface area contributed by atoms with Crippen molar-refractivity contribution in [1.82, 2.24) is 4.90 Å². The molecule has 1 aliphatic rings. The smallest absolute Gasteiger partial charge is 0.229 e. The van der Waals surface area contributed by atoms with E-state index in [0.29, 0.717) is 11.3 Å². The molecule has 0 spiro atoms. The number of benzene rings is 1. The van der Waals surface area contributed by atoms with Gasteiger partial charge in [-0.1, -0.05) is 0 Å². The van der Waals surface area contributed by atoms with Crippen molar-refractivity contribution in [3.05, 3.63) is 29.6 Å². The van der Waals surface area contributed by atoms with Gasteiger partial charge in [-0.25, -0.2) is 4.39 Å². The second-order valence-electron chi connectivity index (χ2n) is 4.70. The highest BCUT2D eigenvalue weighted by Crippen LogP contribution is 2.16. The molecule has 106 valence electrons. The van der Waals surface area contributed by atoms with E-state index in [0.717, 1.165) is 4.90 Å². The van der Waals surface area contributed by atoms with Crippen LogP contribution < -0.4 is 5.32 Å². The lowest BCUT2D eigenvalue weighted by atomic mass is 10.2. The van der Waals surface area contributed by atoms with E-state index in [1.54, 1.807) is 6.92 Å². The fraction of sp³-hybridized carbons (Fsp3) is 0.357. The summed E-state index contributed by atoms with van der Waals surface area (Å²) in [5.41, 5.74) is 1.14. The first-order valence-corrected chi connectivity index (χ1v) is 6.36. The van der Waals surface area contributed by atoms with Crippen molar-refractivity contribution < 1.29 is 18.8 Å². The van der Waals surface area contributed by atoms with E-state index >= 15 is 0 Å². The molecule has 0 unspecified atom stereocenters. The van der Waals surface area contributed by atoms with Gasteiger partial charge in [-0.05, 0) is 30.7 Å². The summed E-state index contributed by atoms with van der Waals surface area (Å²) in [6.45, 7) is 1.77. The Morgan fingerprint density at radius 3 is 2.55 bits per heavy atom. The molecule has 1 saturated heterocycles. The quantitative estimate of drug-likeness (QED) is 0.851. The first-order valence-electron chi connectivity index (χ1n) is 6.36. The zero-order valence-electron chi connectivity index (χ0n) is 11.1. The molecular formula is C14H15FN2O3. The molecule has 0 aromatic heterocycles. The van der Waals surface area contributed by atoms with Crippen LogP contribution in [0.15, 0.2) is 18.2 Å². The Morgan fingerprint density at radius 2 is 1.95 bits per heavy atom. The number of hydrogen-bond donors (Lipinski definition) is 1. The minimum atomic E-state index is -0.367. The lowest BCUT2D eigenvalue weighted by Gasteiger charge is -2.14. The lowest BCUT2D eigenvalue weighted by Crippen LogP contribution is -2.32. The summed E-state index contributed by atoms with van der Waals surface area (Å²) < 4.78 is 12.9. The maximum atomic E-state index is 12.9. The number of anilines is 1. The topological polar surface area (TPSA) is 66.5 Å². The summed E-state index contributed by atoms with van der Waals surface area (Å²) in [7, 11) is 0. The molecule has 0 atom stereocenters. The number of aryl methyl sites for hydroxylation is 1. The minimum Gasteiger partial charge on any atom is -0.326 e. The maximum Gasteiger partial charge on any atom is 0.229 e. The number of carbonyl (C=O) groups excluding carboxylic acids is 3. The van der Waals surface area contributed by atoms with Crippen molar-refractivity contribution in [1.29, 1.82) is 0 Å². The van der Waals surface area contributed by atoms with Gasteiger partial charge in [0.1, 0.15) is 5.82 Å². The SMILES string of the molecule is Cc1cc(F)ccc1NC(=O)CCN1C(=O)CCC1=O. The fourth-order valence-electron chi connectivity index (χ4n) is 2.07. The number of amides is 3. The van der Waals surface area contributed by atoms with Gasteiger partial charge < -0.3 is 5.32 Å². The van der Waals surface area contributed by atoms with Gasteiger partial charge in [-0.15, -0.1) is 0 Å². The van der Waals surface area contributed by atoms with Crippen LogP contribution in [0.5, 0.6) is 0 Å². The molecule has 1 heterocycles. The van der Waals surface area contributed by atoms with Crippen LogP contribution in [0, 0.1) is 12.7 Å². The predicted octanol–water partition coefficient (Wildman–Crippen LogP) is 1.61. The summed E-state index contributed by atoms with van der Waals surface area (Å²) in [6.07, 6.45) is 0.476. The van der Waals surface area contributed by atoms with Gasteiger partial charge in [-0.2, -0.15) is 0 Å². The van der Waals surface area contributed by atoms with Crippen LogP contribution in [0.2, 0.25) is 0 Å². The van der Waals surface area contributed by atoms with E-state index in [1.807, 2.05) is 0 Å². The average Bonchev–Trinajstić information content (AvgIpc) is 2.70. The van der Waals surface area contributed by atoms with Gasteiger partial charge in [0.05, 0.1) is 0 Å². The van der Waals surface area contributed by atoms with Crippen molar-refractivity contribution in [2.75, 3.05) is 11.9 Å². The molecule has 1 aliphatic heterocycles. The molecule has 2 rings (SSSR count). The monoisotopic (exact) mass is 278 g/mol. The number of likely N-dealkylation sites (tertiary alicyclic amines) is 1. The summed E-state index contributed by atoms with van der Waals surface area (Å²) in [6, 6.07) is 4.06. The van der Waals surface area contributed by atoms with E-state index in [1.165, 1.54) is 18.2 Å². The molecule has 6 heteroatoms. The number of nitrogens with one attached hydrogen (secondary N) is 1. The number of halogens is 1. The molecule has 3 amide bonds. The summed E-state index contributed by atoms with van der Waals surface area (Å²) in [5, 5.41) is 2.64. The van der Waals surface area contributed by atoms with Gasteiger partial charge in [0.2, 0.25) is 17.7 Å². The minimum absolute atomic E-state index is 0.0360. The number of rotatable bonds is 4. The van der Waals surface area contributed by atoms with Crippen LogP contribution in [-0.4, -0.2) is 29.2 Å². The first kappa shape index (κ1) is 14.2. The highest BCUT2D eigenvalue weighted by Gasteiger charge is 2.28. The Morgan fingerprint density at radius 1 is 1.30 bits per heavy atom. The van der Waals surface area contributed by atoms with Gasteiger partial charge in [0.25, 0.3) is 0 Å². The Bertz CT molecular complexity index is 556. The largest absolute Gasteiger partial charge is 0.326 e. The molecule has 20 heavy (non-hydrogen) atoms. The molecule has 0 bridgehead atoms. The second-order valence-corrected chi connectivity index (χ2v) is 4.70. The van der Waals surface area contributed by atoms with Crippen molar-refractivity contribution in [3.8, 4) is 0 Å². The van der Waals surface area contributed by atoms with Gasteiger partial charge in [-0.3, -0.25) is 19.3 Å². The number of imide groups is 1. The van der Waals surface area contributed by atoms with E-state index in [4.69, 9.17) is 0 Å². The molecular weight excluding hydrogens is 263 g/mol. The highest BCUT2D eigenvalue weighted by atomic mass is 19.1. The Kier molecular flexibility index (Phi) is 4.12. The van der Waals surface area contributed by atoms with Crippen LogP contribution >= 0.6 is 0 Å². The third kappa shape index (κ3) is 3.20. The normalized spacial score (nSPS) is 14.8. The zero-order valence-corrected chi connectivity index (χ0v) is 11.1. The van der Waals surface area contributed by atoms with Crippen molar-refractivity contribution >= 4 is 23.4 Å². The Balaban J connectivity index is 1.89. The summed E-state index contributed by atoms with van der Waals surface area (Å²) in [4.78, 5) is 35.6. The highest BCUT2D eigenvalue weighted by molar-refractivity contribution is 6.02. The summed E-state index contributed by atoms with van der Waals surface area (Å²) >= 11 is 0. The molecule has 0 saturated carbocycles.